The molecular weight excluding hydrogens is 339 g/mol. The summed E-state index contributed by atoms with van der Waals surface area (Å²) in [5.41, 5.74) is 5.55. The number of hydrazone groups is 1. The summed E-state index contributed by atoms with van der Waals surface area (Å²) in [6, 6.07) is 21.2. The standard InChI is InChI=1S/C20H16ClFN2O/c21-17-5-1-16(2-6-17)14-25-20-11-3-15(4-12-20)13-23-24-19-9-7-18(22)8-10-19/h1-13,24H,14H2. The van der Waals surface area contributed by atoms with E-state index >= 15 is 0 Å². The van der Waals surface area contributed by atoms with Crippen molar-refractivity contribution < 1.29 is 9.13 Å². The molecule has 0 radical (unpaired) electrons. The number of nitrogens with zero attached hydrogens (tertiary/aromatic N) is 1. The number of benzene rings is 3. The normalized spacial score (nSPS) is 10.8. The van der Waals surface area contributed by atoms with Crippen molar-refractivity contribution in [1.82, 2.24) is 0 Å². The van der Waals surface area contributed by atoms with Gasteiger partial charge in [-0.15, -0.1) is 0 Å². The summed E-state index contributed by atoms with van der Waals surface area (Å²) in [7, 11) is 0. The van der Waals surface area contributed by atoms with Crippen molar-refractivity contribution in [3.05, 3.63) is 94.8 Å². The molecule has 0 aliphatic rings. The van der Waals surface area contributed by atoms with Gasteiger partial charge in [0.2, 0.25) is 0 Å². The first-order valence-corrected chi connectivity index (χ1v) is 8.09. The largest absolute Gasteiger partial charge is 0.489 e. The van der Waals surface area contributed by atoms with Crippen LogP contribution in [-0.2, 0) is 6.61 Å². The fourth-order valence-corrected chi connectivity index (χ4v) is 2.23. The molecule has 0 aliphatic heterocycles. The Morgan fingerprint density at radius 2 is 1.60 bits per heavy atom. The Balaban J connectivity index is 1.52. The van der Waals surface area contributed by atoms with Gasteiger partial charge in [0, 0.05) is 5.02 Å². The van der Waals surface area contributed by atoms with E-state index in [-0.39, 0.29) is 5.82 Å². The smallest absolute Gasteiger partial charge is 0.123 e. The maximum absolute atomic E-state index is 12.8. The van der Waals surface area contributed by atoms with E-state index in [1.807, 2.05) is 48.5 Å². The zero-order valence-corrected chi connectivity index (χ0v) is 14.1. The van der Waals surface area contributed by atoms with E-state index in [4.69, 9.17) is 16.3 Å². The highest BCUT2D eigenvalue weighted by molar-refractivity contribution is 6.30. The third-order valence-electron chi connectivity index (χ3n) is 3.45. The first kappa shape index (κ1) is 17.0. The van der Waals surface area contributed by atoms with Crippen LogP contribution in [-0.4, -0.2) is 6.21 Å². The second-order valence-corrected chi connectivity index (χ2v) is 5.80. The van der Waals surface area contributed by atoms with Gasteiger partial charge < -0.3 is 4.74 Å². The second-order valence-electron chi connectivity index (χ2n) is 5.36. The molecule has 0 aromatic heterocycles. The van der Waals surface area contributed by atoms with Crippen LogP contribution < -0.4 is 10.2 Å². The van der Waals surface area contributed by atoms with Gasteiger partial charge in [-0.25, -0.2) is 4.39 Å². The lowest BCUT2D eigenvalue weighted by atomic mass is 10.2. The Labute approximate surface area is 150 Å². The first-order chi connectivity index (χ1) is 12.2. The third-order valence-corrected chi connectivity index (χ3v) is 3.70. The molecular formula is C20H16ClFN2O. The Morgan fingerprint density at radius 3 is 2.28 bits per heavy atom. The molecule has 0 spiro atoms. The van der Waals surface area contributed by atoms with Crippen LogP contribution >= 0.6 is 11.6 Å². The SMILES string of the molecule is Fc1ccc(NN=Cc2ccc(OCc3ccc(Cl)cc3)cc2)cc1. The van der Waals surface area contributed by atoms with Crippen LogP contribution in [0.5, 0.6) is 5.75 Å². The maximum Gasteiger partial charge on any atom is 0.123 e. The highest BCUT2D eigenvalue weighted by Crippen LogP contribution is 2.15. The zero-order chi connectivity index (χ0) is 17.5. The van der Waals surface area contributed by atoms with Gasteiger partial charge in [0.05, 0.1) is 11.9 Å². The predicted octanol–water partition coefficient (Wildman–Crippen LogP) is 5.50. The summed E-state index contributed by atoms with van der Waals surface area (Å²) in [6.07, 6.45) is 1.69. The number of nitrogens with one attached hydrogen (secondary N) is 1. The average Bonchev–Trinajstić information content (AvgIpc) is 2.64. The van der Waals surface area contributed by atoms with Crippen molar-refractivity contribution in [2.45, 2.75) is 6.61 Å². The molecule has 3 rings (SSSR count). The van der Waals surface area contributed by atoms with E-state index in [0.717, 1.165) is 22.6 Å². The van der Waals surface area contributed by atoms with Crippen molar-refractivity contribution in [3.63, 3.8) is 0 Å². The molecule has 25 heavy (non-hydrogen) atoms. The minimum absolute atomic E-state index is 0.274. The summed E-state index contributed by atoms with van der Waals surface area (Å²) in [4.78, 5) is 0. The summed E-state index contributed by atoms with van der Waals surface area (Å²) >= 11 is 5.86. The van der Waals surface area contributed by atoms with E-state index in [9.17, 15) is 4.39 Å². The molecule has 0 aliphatic carbocycles. The zero-order valence-electron chi connectivity index (χ0n) is 13.3. The maximum atomic E-state index is 12.8. The molecule has 0 fully saturated rings. The Kier molecular flexibility index (Phi) is 5.65. The van der Waals surface area contributed by atoms with Crippen LogP contribution in [0.15, 0.2) is 77.9 Å². The van der Waals surface area contributed by atoms with Crippen LogP contribution in [0.2, 0.25) is 5.02 Å². The first-order valence-electron chi connectivity index (χ1n) is 7.71. The highest BCUT2D eigenvalue weighted by atomic mass is 35.5. The van der Waals surface area contributed by atoms with Crippen molar-refractivity contribution in [2.75, 3.05) is 5.43 Å². The van der Waals surface area contributed by atoms with Gasteiger partial charge in [0.1, 0.15) is 18.2 Å². The molecule has 5 heteroatoms. The Bertz CT molecular complexity index is 831. The van der Waals surface area contributed by atoms with Gasteiger partial charge in [-0.05, 0) is 71.8 Å². The van der Waals surface area contributed by atoms with Crippen molar-refractivity contribution in [3.8, 4) is 5.75 Å². The Hall–Kier alpha value is -2.85. The number of ether oxygens (including phenoxy) is 1. The molecule has 3 nitrogen and oxygen atoms in total. The van der Waals surface area contributed by atoms with Crippen molar-refractivity contribution in [2.24, 2.45) is 5.10 Å². The molecule has 0 bridgehead atoms. The monoisotopic (exact) mass is 354 g/mol. The van der Waals surface area contributed by atoms with Gasteiger partial charge in [0.25, 0.3) is 0 Å². The number of rotatable bonds is 6. The van der Waals surface area contributed by atoms with E-state index < -0.39 is 0 Å². The molecule has 126 valence electrons. The lowest BCUT2D eigenvalue weighted by molar-refractivity contribution is 0.306. The van der Waals surface area contributed by atoms with E-state index in [2.05, 4.69) is 10.5 Å². The number of anilines is 1. The summed E-state index contributed by atoms with van der Waals surface area (Å²) in [5, 5.41) is 4.83. The average molecular weight is 355 g/mol. The molecule has 0 amide bonds. The number of hydrogen-bond acceptors (Lipinski definition) is 3. The van der Waals surface area contributed by atoms with Crippen LogP contribution in [0, 0.1) is 5.82 Å². The molecule has 0 saturated carbocycles. The molecule has 1 N–H and O–H groups in total. The van der Waals surface area contributed by atoms with E-state index in [1.165, 1.54) is 12.1 Å². The molecule has 3 aromatic carbocycles. The highest BCUT2D eigenvalue weighted by Gasteiger charge is 1.97. The number of halogens is 2. The fraction of sp³-hybridized carbons (Fsp3) is 0.0500. The summed E-state index contributed by atoms with van der Waals surface area (Å²) in [5.74, 6) is 0.502. The Morgan fingerprint density at radius 1 is 0.920 bits per heavy atom. The second kappa shape index (κ2) is 8.31. The lowest BCUT2D eigenvalue weighted by Crippen LogP contribution is -1.95. The number of hydrogen-bond donors (Lipinski definition) is 1. The van der Waals surface area contributed by atoms with Gasteiger partial charge >= 0.3 is 0 Å². The molecule has 0 unspecified atom stereocenters. The van der Waals surface area contributed by atoms with Crippen LogP contribution in [0.1, 0.15) is 11.1 Å². The molecule has 0 heterocycles. The fourth-order valence-electron chi connectivity index (χ4n) is 2.10. The minimum Gasteiger partial charge on any atom is -0.489 e. The topological polar surface area (TPSA) is 33.6 Å². The van der Waals surface area contributed by atoms with Gasteiger partial charge in [-0.1, -0.05) is 23.7 Å². The summed E-state index contributed by atoms with van der Waals surface area (Å²) in [6.45, 7) is 0.483. The van der Waals surface area contributed by atoms with Crippen LogP contribution in [0.4, 0.5) is 10.1 Å². The van der Waals surface area contributed by atoms with Gasteiger partial charge in [-0.3, -0.25) is 5.43 Å². The van der Waals surface area contributed by atoms with Crippen LogP contribution in [0.3, 0.4) is 0 Å². The van der Waals surface area contributed by atoms with Crippen molar-refractivity contribution >= 4 is 23.5 Å². The van der Waals surface area contributed by atoms with Gasteiger partial charge in [0.15, 0.2) is 0 Å². The summed E-state index contributed by atoms with van der Waals surface area (Å²) < 4.78 is 18.5. The molecule has 0 atom stereocenters. The van der Waals surface area contributed by atoms with E-state index in [1.54, 1.807) is 18.3 Å². The third kappa shape index (κ3) is 5.33. The van der Waals surface area contributed by atoms with Crippen molar-refractivity contribution in [1.29, 1.82) is 0 Å². The quantitative estimate of drug-likeness (QED) is 0.468. The predicted molar refractivity (Wildman–Crippen MR) is 99.8 cm³/mol. The lowest BCUT2D eigenvalue weighted by Gasteiger charge is -2.06. The van der Waals surface area contributed by atoms with Crippen LogP contribution in [0.25, 0.3) is 0 Å². The minimum atomic E-state index is -0.274. The van der Waals surface area contributed by atoms with E-state index in [0.29, 0.717) is 11.6 Å². The van der Waals surface area contributed by atoms with Gasteiger partial charge in [-0.2, -0.15) is 5.10 Å². The molecule has 3 aromatic rings. The molecule has 0 saturated heterocycles.